The SMILES string of the molecule is CCCCC(CC)CNc1cc(F)ccc1[N+](=O)[O-]. The van der Waals surface area contributed by atoms with Crippen LogP contribution in [-0.2, 0) is 0 Å². The van der Waals surface area contributed by atoms with Gasteiger partial charge in [0.2, 0.25) is 0 Å². The number of hydrogen-bond acceptors (Lipinski definition) is 3. The van der Waals surface area contributed by atoms with Gasteiger partial charge in [-0.3, -0.25) is 10.1 Å². The summed E-state index contributed by atoms with van der Waals surface area (Å²) in [6.07, 6.45) is 4.38. The highest BCUT2D eigenvalue weighted by atomic mass is 19.1. The Kier molecular flexibility index (Phi) is 6.25. The Labute approximate surface area is 113 Å². The molecule has 5 heteroatoms. The molecule has 1 rings (SSSR count). The molecule has 0 fully saturated rings. The highest BCUT2D eigenvalue weighted by molar-refractivity contribution is 5.61. The molecular formula is C14H21FN2O2. The fourth-order valence-corrected chi connectivity index (χ4v) is 2.01. The Balaban J connectivity index is 2.70. The van der Waals surface area contributed by atoms with Crippen molar-refractivity contribution < 1.29 is 9.31 Å². The summed E-state index contributed by atoms with van der Waals surface area (Å²) in [5.74, 6) is -0.00229. The van der Waals surface area contributed by atoms with Gasteiger partial charge in [0, 0.05) is 18.7 Å². The van der Waals surface area contributed by atoms with Crippen LogP contribution in [0.25, 0.3) is 0 Å². The largest absolute Gasteiger partial charge is 0.379 e. The predicted molar refractivity (Wildman–Crippen MR) is 74.9 cm³/mol. The van der Waals surface area contributed by atoms with E-state index in [1.54, 1.807) is 0 Å². The molecule has 1 unspecified atom stereocenters. The summed E-state index contributed by atoms with van der Waals surface area (Å²) in [6.45, 7) is 4.88. The van der Waals surface area contributed by atoms with Crippen LogP contribution in [0.3, 0.4) is 0 Å². The Morgan fingerprint density at radius 1 is 1.42 bits per heavy atom. The van der Waals surface area contributed by atoms with Gasteiger partial charge < -0.3 is 5.32 Å². The quantitative estimate of drug-likeness (QED) is 0.563. The zero-order chi connectivity index (χ0) is 14.3. The third-order valence-electron chi connectivity index (χ3n) is 3.28. The second-order valence-electron chi connectivity index (χ2n) is 4.72. The smallest absolute Gasteiger partial charge is 0.292 e. The first-order chi connectivity index (χ1) is 9.08. The van der Waals surface area contributed by atoms with E-state index in [4.69, 9.17) is 0 Å². The van der Waals surface area contributed by atoms with Gasteiger partial charge in [0.15, 0.2) is 0 Å². The maximum atomic E-state index is 13.2. The molecule has 0 aliphatic heterocycles. The van der Waals surface area contributed by atoms with Gasteiger partial charge in [-0.1, -0.05) is 33.1 Å². The number of anilines is 1. The molecule has 0 spiro atoms. The molecule has 1 N–H and O–H groups in total. The van der Waals surface area contributed by atoms with Gasteiger partial charge in [0.05, 0.1) is 4.92 Å². The van der Waals surface area contributed by atoms with E-state index in [0.717, 1.165) is 31.7 Å². The molecule has 0 saturated carbocycles. The number of nitrogens with one attached hydrogen (secondary N) is 1. The van der Waals surface area contributed by atoms with Crippen LogP contribution >= 0.6 is 0 Å². The molecule has 0 aliphatic rings. The zero-order valence-corrected chi connectivity index (χ0v) is 11.5. The minimum absolute atomic E-state index is 0.0771. The van der Waals surface area contributed by atoms with Crippen molar-refractivity contribution in [3.63, 3.8) is 0 Å². The molecule has 0 saturated heterocycles. The molecule has 0 aliphatic carbocycles. The first kappa shape index (κ1) is 15.4. The Hall–Kier alpha value is -1.65. The molecule has 0 heterocycles. The summed E-state index contributed by atoms with van der Waals surface area (Å²) in [5, 5.41) is 13.9. The molecule has 0 amide bonds. The minimum Gasteiger partial charge on any atom is -0.379 e. The fraction of sp³-hybridized carbons (Fsp3) is 0.571. The van der Waals surface area contributed by atoms with Crippen molar-refractivity contribution >= 4 is 11.4 Å². The van der Waals surface area contributed by atoms with E-state index in [0.29, 0.717) is 12.5 Å². The van der Waals surface area contributed by atoms with Crippen molar-refractivity contribution in [3.8, 4) is 0 Å². The van der Waals surface area contributed by atoms with E-state index < -0.39 is 10.7 Å². The number of nitro benzene ring substituents is 1. The van der Waals surface area contributed by atoms with Gasteiger partial charge in [0.1, 0.15) is 11.5 Å². The van der Waals surface area contributed by atoms with Gasteiger partial charge in [-0.15, -0.1) is 0 Å². The molecule has 106 valence electrons. The van der Waals surface area contributed by atoms with Gasteiger partial charge in [0.25, 0.3) is 5.69 Å². The normalized spacial score (nSPS) is 12.2. The first-order valence-electron chi connectivity index (χ1n) is 6.76. The van der Waals surface area contributed by atoms with Crippen molar-refractivity contribution in [3.05, 3.63) is 34.1 Å². The third-order valence-corrected chi connectivity index (χ3v) is 3.28. The molecule has 0 radical (unpaired) electrons. The first-order valence-corrected chi connectivity index (χ1v) is 6.76. The van der Waals surface area contributed by atoms with E-state index >= 15 is 0 Å². The summed E-state index contributed by atoms with van der Waals surface area (Å²) in [4.78, 5) is 10.4. The standard InChI is InChI=1S/C14H21FN2O2/c1-3-5-6-11(4-2)10-16-13-9-12(15)7-8-14(13)17(18)19/h7-9,11,16H,3-6,10H2,1-2H3. The number of rotatable bonds is 8. The molecule has 1 atom stereocenters. The van der Waals surface area contributed by atoms with Crippen molar-refractivity contribution in [2.75, 3.05) is 11.9 Å². The predicted octanol–water partition coefficient (Wildman–Crippen LogP) is 4.36. The highest BCUT2D eigenvalue weighted by Gasteiger charge is 2.15. The Morgan fingerprint density at radius 3 is 2.74 bits per heavy atom. The van der Waals surface area contributed by atoms with Crippen molar-refractivity contribution in [2.24, 2.45) is 5.92 Å². The maximum Gasteiger partial charge on any atom is 0.292 e. The summed E-state index contributed by atoms with van der Waals surface area (Å²) in [5.41, 5.74) is 0.187. The molecule has 4 nitrogen and oxygen atoms in total. The number of nitrogens with zero attached hydrogens (tertiary/aromatic N) is 1. The van der Waals surface area contributed by atoms with E-state index in [9.17, 15) is 14.5 Å². The lowest BCUT2D eigenvalue weighted by atomic mass is 9.99. The van der Waals surface area contributed by atoms with Crippen LogP contribution in [0.15, 0.2) is 18.2 Å². The molecule has 1 aromatic carbocycles. The second-order valence-corrected chi connectivity index (χ2v) is 4.72. The van der Waals surface area contributed by atoms with Crippen LogP contribution in [0.4, 0.5) is 15.8 Å². The molecule has 0 bridgehead atoms. The fourth-order valence-electron chi connectivity index (χ4n) is 2.01. The number of nitro groups is 1. The number of unbranched alkanes of at least 4 members (excludes halogenated alkanes) is 1. The molecular weight excluding hydrogens is 247 g/mol. The van der Waals surface area contributed by atoms with Gasteiger partial charge in [-0.25, -0.2) is 4.39 Å². The Morgan fingerprint density at radius 2 is 2.16 bits per heavy atom. The van der Waals surface area contributed by atoms with Gasteiger partial charge in [-0.05, 0) is 18.4 Å². The van der Waals surface area contributed by atoms with Crippen molar-refractivity contribution in [1.29, 1.82) is 0 Å². The Bertz CT molecular complexity index is 424. The van der Waals surface area contributed by atoms with Crippen LogP contribution in [0, 0.1) is 21.8 Å². The van der Waals surface area contributed by atoms with Gasteiger partial charge in [-0.2, -0.15) is 0 Å². The lowest BCUT2D eigenvalue weighted by Crippen LogP contribution is -2.14. The summed E-state index contributed by atoms with van der Waals surface area (Å²) in [7, 11) is 0. The van der Waals surface area contributed by atoms with E-state index in [1.807, 2.05) is 0 Å². The summed E-state index contributed by atoms with van der Waals surface area (Å²) < 4.78 is 13.2. The van der Waals surface area contributed by atoms with Crippen LogP contribution in [0.2, 0.25) is 0 Å². The lowest BCUT2D eigenvalue weighted by molar-refractivity contribution is -0.384. The van der Waals surface area contributed by atoms with E-state index in [1.165, 1.54) is 12.1 Å². The van der Waals surface area contributed by atoms with E-state index in [2.05, 4.69) is 19.2 Å². The van der Waals surface area contributed by atoms with Crippen LogP contribution < -0.4 is 5.32 Å². The molecule has 0 aromatic heterocycles. The third kappa shape index (κ3) is 4.85. The van der Waals surface area contributed by atoms with Crippen molar-refractivity contribution in [1.82, 2.24) is 0 Å². The lowest BCUT2D eigenvalue weighted by Gasteiger charge is -2.16. The van der Waals surface area contributed by atoms with Gasteiger partial charge >= 0.3 is 0 Å². The number of hydrogen-bond donors (Lipinski definition) is 1. The molecule has 1 aromatic rings. The number of halogens is 1. The average molecular weight is 268 g/mol. The maximum absolute atomic E-state index is 13.2. The average Bonchev–Trinajstić information content (AvgIpc) is 2.38. The summed E-state index contributed by atoms with van der Waals surface area (Å²) >= 11 is 0. The van der Waals surface area contributed by atoms with Crippen LogP contribution in [-0.4, -0.2) is 11.5 Å². The van der Waals surface area contributed by atoms with Crippen LogP contribution in [0.1, 0.15) is 39.5 Å². The van der Waals surface area contributed by atoms with Crippen molar-refractivity contribution in [2.45, 2.75) is 39.5 Å². The van der Waals surface area contributed by atoms with Crippen LogP contribution in [0.5, 0.6) is 0 Å². The number of benzene rings is 1. The second kappa shape index (κ2) is 7.71. The zero-order valence-electron chi connectivity index (χ0n) is 11.5. The summed E-state index contributed by atoms with van der Waals surface area (Å²) in [6, 6.07) is 3.49. The minimum atomic E-state index is -0.491. The molecule has 19 heavy (non-hydrogen) atoms. The monoisotopic (exact) mass is 268 g/mol. The highest BCUT2D eigenvalue weighted by Crippen LogP contribution is 2.25. The van der Waals surface area contributed by atoms with E-state index in [-0.39, 0.29) is 11.4 Å². The topological polar surface area (TPSA) is 55.2 Å².